The van der Waals surface area contributed by atoms with E-state index >= 15 is 0 Å². The summed E-state index contributed by atoms with van der Waals surface area (Å²) in [7, 11) is 0. The molecule has 1 amide bonds. The van der Waals surface area contributed by atoms with Crippen LogP contribution in [-0.4, -0.2) is 33.4 Å². The highest BCUT2D eigenvalue weighted by molar-refractivity contribution is 5.77. The van der Waals surface area contributed by atoms with Gasteiger partial charge in [-0.3, -0.25) is 4.79 Å². The number of piperidine rings is 1. The molecule has 1 fully saturated rings. The van der Waals surface area contributed by atoms with Gasteiger partial charge in [0.25, 0.3) is 0 Å². The van der Waals surface area contributed by atoms with Gasteiger partial charge in [-0.1, -0.05) is 13.8 Å². The fourth-order valence-corrected chi connectivity index (χ4v) is 3.58. The van der Waals surface area contributed by atoms with Gasteiger partial charge in [-0.15, -0.1) is 0 Å². The molecule has 4 heteroatoms. The van der Waals surface area contributed by atoms with Gasteiger partial charge >= 0.3 is 0 Å². The topological polar surface area (TPSA) is 38.1 Å². The van der Waals surface area contributed by atoms with E-state index in [-0.39, 0.29) is 0 Å². The van der Waals surface area contributed by atoms with E-state index < -0.39 is 0 Å². The fourth-order valence-electron chi connectivity index (χ4n) is 3.58. The molecular weight excluding hydrogens is 298 g/mol. The zero-order chi connectivity index (χ0) is 17.3. The number of rotatable bonds is 4. The molecule has 24 heavy (non-hydrogen) atoms. The molecule has 130 valence electrons. The smallest absolute Gasteiger partial charge is 0.222 e. The predicted octanol–water partition coefficient (Wildman–Crippen LogP) is 3.94. The molecule has 1 aliphatic heterocycles. The average Bonchev–Trinajstić information content (AvgIpc) is 2.90. The first-order valence-electron chi connectivity index (χ1n) is 9.14. The van der Waals surface area contributed by atoms with Crippen LogP contribution in [0.1, 0.15) is 44.2 Å². The Labute approximate surface area is 144 Å². The number of aromatic nitrogens is 2. The Morgan fingerprint density at radius 2 is 1.88 bits per heavy atom. The minimum absolute atomic E-state index is 0.322. The number of carbonyl (C=O) groups is 1. The van der Waals surface area contributed by atoms with Crippen molar-refractivity contribution in [2.24, 2.45) is 11.8 Å². The lowest BCUT2D eigenvalue weighted by molar-refractivity contribution is -0.133. The van der Waals surface area contributed by atoms with Crippen molar-refractivity contribution in [1.82, 2.24) is 14.5 Å². The second-order valence-corrected chi connectivity index (χ2v) is 7.74. The third-order valence-electron chi connectivity index (χ3n) is 5.24. The summed E-state index contributed by atoms with van der Waals surface area (Å²) in [5.41, 5.74) is 4.93. The van der Waals surface area contributed by atoms with E-state index in [1.807, 2.05) is 6.33 Å². The van der Waals surface area contributed by atoms with Crippen LogP contribution in [0.25, 0.3) is 11.0 Å². The van der Waals surface area contributed by atoms with Gasteiger partial charge < -0.3 is 9.47 Å². The number of hydrogen-bond donors (Lipinski definition) is 0. The van der Waals surface area contributed by atoms with Crippen LogP contribution < -0.4 is 0 Å². The Bertz CT molecular complexity index is 724. The van der Waals surface area contributed by atoms with Crippen LogP contribution in [0.5, 0.6) is 0 Å². The number of carbonyl (C=O) groups excluding carboxylic acids is 1. The van der Waals surface area contributed by atoms with E-state index in [1.165, 1.54) is 16.6 Å². The predicted molar refractivity (Wildman–Crippen MR) is 98.0 cm³/mol. The summed E-state index contributed by atoms with van der Waals surface area (Å²) in [5, 5.41) is 0. The minimum atomic E-state index is 0.322. The third kappa shape index (κ3) is 3.63. The van der Waals surface area contributed by atoms with Gasteiger partial charge in [-0.2, -0.15) is 0 Å². The lowest BCUT2D eigenvalue weighted by atomic mass is 9.96. The monoisotopic (exact) mass is 327 g/mol. The standard InChI is InChI=1S/C20H29N3O/c1-14(2)9-20(24)22-7-5-17(6-8-22)12-23-13-21-18-10-15(3)16(4)11-19(18)23/h10-11,13-14,17H,5-9,12H2,1-4H3. The lowest BCUT2D eigenvalue weighted by Crippen LogP contribution is -2.39. The summed E-state index contributed by atoms with van der Waals surface area (Å²) in [5.74, 6) is 1.40. The van der Waals surface area contributed by atoms with Crippen LogP contribution >= 0.6 is 0 Å². The first-order chi connectivity index (χ1) is 11.4. The molecule has 0 spiro atoms. The Morgan fingerprint density at radius 3 is 2.54 bits per heavy atom. The van der Waals surface area contributed by atoms with E-state index in [2.05, 4.69) is 54.3 Å². The van der Waals surface area contributed by atoms with Gasteiger partial charge in [0.1, 0.15) is 0 Å². The van der Waals surface area contributed by atoms with E-state index in [4.69, 9.17) is 0 Å². The summed E-state index contributed by atoms with van der Waals surface area (Å²) in [4.78, 5) is 18.8. The molecule has 1 aliphatic rings. The second-order valence-electron chi connectivity index (χ2n) is 7.74. The van der Waals surface area contributed by atoms with Gasteiger partial charge in [-0.05, 0) is 61.8 Å². The van der Waals surface area contributed by atoms with Crippen LogP contribution in [0.4, 0.5) is 0 Å². The van der Waals surface area contributed by atoms with Gasteiger partial charge in [0.2, 0.25) is 5.91 Å². The van der Waals surface area contributed by atoms with E-state index in [0.29, 0.717) is 24.2 Å². The Morgan fingerprint density at radius 1 is 1.21 bits per heavy atom. The maximum Gasteiger partial charge on any atom is 0.222 e. The Kier molecular flexibility index (Phi) is 4.93. The maximum atomic E-state index is 12.2. The first kappa shape index (κ1) is 17.0. The number of benzene rings is 1. The van der Waals surface area contributed by atoms with Crippen LogP contribution in [-0.2, 0) is 11.3 Å². The maximum absolute atomic E-state index is 12.2. The van der Waals surface area contributed by atoms with Crippen molar-refractivity contribution in [3.8, 4) is 0 Å². The Balaban J connectivity index is 1.62. The summed E-state index contributed by atoms with van der Waals surface area (Å²) < 4.78 is 2.29. The Hall–Kier alpha value is -1.84. The summed E-state index contributed by atoms with van der Waals surface area (Å²) in [6, 6.07) is 4.42. The molecule has 2 heterocycles. The van der Waals surface area contributed by atoms with Gasteiger partial charge in [0.05, 0.1) is 17.4 Å². The van der Waals surface area contributed by atoms with Gasteiger partial charge in [0.15, 0.2) is 0 Å². The fraction of sp³-hybridized carbons (Fsp3) is 0.600. The molecule has 1 aromatic heterocycles. The average molecular weight is 327 g/mol. The highest BCUT2D eigenvalue weighted by Crippen LogP contribution is 2.24. The van der Waals surface area contributed by atoms with Gasteiger partial charge in [-0.25, -0.2) is 4.98 Å². The number of aryl methyl sites for hydroxylation is 2. The van der Waals surface area contributed by atoms with Crippen LogP contribution in [0, 0.1) is 25.7 Å². The zero-order valence-corrected chi connectivity index (χ0v) is 15.4. The highest BCUT2D eigenvalue weighted by Gasteiger charge is 2.23. The van der Waals surface area contributed by atoms with Crippen molar-refractivity contribution in [2.75, 3.05) is 13.1 Å². The molecule has 0 bridgehead atoms. The largest absolute Gasteiger partial charge is 0.343 e. The van der Waals surface area contributed by atoms with Crippen molar-refractivity contribution in [2.45, 2.75) is 53.5 Å². The summed E-state index contributed by atoms with van der Waals surface area (Å²) in [6.45, 7) is 11.3. The molecule has 1 aromatic carbocycles. The van der Waals surface area contributed by atoms with E-state index in [0.717, 1.165) is 38.0 Å². The van der Waals surface area contributed by atoms with Crippen LogP contribution in [0.15, 0.2) is 18.5 Å². The number of hydrogen-bond acceptors (Lipinski definition) is 2. The van der Waals surface area contributed by atoms with Crippen molar-refractivity contribution in [3.63, 3.8) is 0 Å². The summed E-state index contributed by atoms with van der Waals surface area (Å²) >= 11 is 0. The molecule has 4 nitrogen and oxygen atoms in total. The van der Waals surface area contributed by atoms with Crippen LogP contribution in [0.3, 0.4) is 0 Å². The molecule has 0 aliphatic carbocycles. The number of likely N-dealkylation sites (tertiary alicyclic amines) is 1. The second kappa shape index (κ2) is 6.96. The van der Waals surface area contributed by atoms with Crippen molar-refractivity contribution in [3.05, 3.63) is 29.6 Å². The van der Waals surface area contributed by atoms with E-state index in [1.54, 1.807) is 0 Å². The number of nitrogens with zero attached hydrogens (tertiary/aromatic N) is 3. The highest BCUT2D eigenvalue weighted by atomic mass is 16.2. The minimum Gasteiger partial charge on any atom is -0.343 e. The normalized spacial score (nSPS) is 16.3. The van der Waals surface area contributed by atoms with E-state index in [9.17, 15) is 4.79 Å². The molecule has 0 radical (unpaired) electrons. The molecule has 0 atom stereocenters. The third-order valence-corrected chi connectivity index (χ3v) is 5.24. The number of imidazole rings is 1. The van der Waals surface area contributed by atoms with Crippen LogP contribution in [0.2, 0.25) is 0 Å². The summed E-state index contributed by atoms with van der Waals surface area (Å²) in [6.07, 6.45) is 4.83. The molecule has 3 rings (SSSR count). The quantitative estimate of drug-likeness (QED) is 0.853. The number of fused-ring (bicyclic) bond motifs is 1. The molecule has 0 N–H and O–H groups in total. The molecule has 1 saturated heterocycles. The van der Waals surface area contributed by atoms with Crippen molar-refractivity contribution < 1.29 is 4.79 Å². The lowest BCUT2D eigenvalue weighted by Gasteiger charge is -2.32. The first-order valence-corrected chi connectivity index (χ1v) is 9.14. The van der Waals surface area contributed by atoms with Crippen molar-refractivity contribution >= 4 is 16.9 Å². The molecular formula is C20H29N3O. The SMILES string of the molecule is Cc1cc2ncn(CC3CCN(C(=O)CC(C)C)CC3)c2cc1C. The molecule has 0 unspecified atom stereocenters. The number of amides is 1. The van der Waals surface area contributed by atoms with Crippen molar-refractivity contribution in [1.29, 1.82) is 0 Å². The zero-order valence-electron chi connectivity index (χ0n) is 15.4. The van der Waals surface area contributed by atoms with Gasteiger partial charge in [0, 0.05) is 26.1 Å². The molecule has 2 aromatic rings. The molecule has 0 saturated carbocycles.